The molecule has 0 bridgehead atoms. The van der Waals surface area contributed by atoms with Gasteiger partial charge in [0.15, 0.2) is 15.9 Å². The zero-order chi connectivity index (χ0) is 17.4. The van der Waals surface area contributed by atoms with Gasteiger partial charge >= 0.3 is 5.97 Å². The zero-order valence-electron chi connectivity index (χ0n) is 12.8. The first-order chi connectivity index (χ1) is 11.4. The van der Waals surface area contributed by atoms with Gasteiger partial charge in [-0.3, -0.25) is 14.0 Å². The predicted molar refractivity (Wildman–Crippen MR) is 87.9 cm³/mol. The van der Waals surface area contributed by atoms with Crippen LogP contribution in [0.15, 0.2) is 26.9 Å². The number of hydrogen-bond acceptors (Lipinski definition) is 7. The smallest absolute Gasteiger partial charge is 0.306 e. The molecule has 0 unspecified atom stereocenters. The molecule has 0 radical (unpaired) electrons. The van der Waals surface area contributed by atoms with Gasteiger partial charge in [0.25, 0.3) is 0 Å². The summed E-state index contributed by atoms with van der Waals surface area (Å²) in [5.74, 6) is -1.65. The molecule has 0 aliphatic rings. The van der Waals surface area contributed by atoms with Crippen LogP contribution in [0.5, 0.6) is 5.75 Å². The summed E-state index contributed by atoms with van der Waals surface area (Å²) in [6.07, 6.45) is 1.57. The van der Waals surface area contributed by atoms with E-state index in [1.807, 2.05) is 5.38 Å². The van der Waals surface area contributed by atoms with Crippen LogP contribution in [0.1, 0.15) is 29.6 Å². The van der Waals surface area contributed by atoms with E-state index in [1.165, 1.54) is 24.5 Å². The molecule has 7 nitrogen and oxygen atoms in total. The highest BCUT2D eigenvalue weighted by Crippen LogP contribution is 2.37. The SMILES string of the molecule is COC(=O)C[C@H](c1oc(C)cc(=O)c1O)c1c(Cl)nc2sccn12. The molecule has 1 atom stereocenters. The molecule has 1 N–H and O–H groups in total. The molecule has 9 heteroatoms. The van der Waals surface area contributed by atoms with Crippen molar-refractivity contribution in [3.05, 3.63) is 50.2 Å². The van der Waals surface area contributed by atoms with E-state index in [-0.39, 0.29) is 17.3 Å². The fraction of sp³-hybridized carbons (Fsp3) is 0.267. The molecule has 0 fully saturated rings. The number of imidazole rings is 1. The minimum absolute atomic E-state index is 0.0414. The standard InChI is InChI=1S/C15H13ClN2O5S/c1-7-5-9(19)12(21)13(23-7)8(6-10(20)22-2)11-14(16)17-15-18(11)3-4-24-15/h3-5,8,21H,6H2,1-2H3/t8-/m0/s1. The van der Waals surface area contributed by atoms with Gasteiger partial charge in [-0.1, -0.05) is 11.6 Å². The quantitative estimate of drug-likeness (QED) is 0.711. The van der Waals surface area contributed by atoms with Crippen LogP contribution in [0.3, 0.4) is 0 Å². The fourth-order valence-electron chi connectivity index (χ4n) is 2.51. The maximum Gasteiger partial charge on any atom is 0.306 e. The molecule has 0 aliphatic heterocycles. The Balaban J connectivity index is 2.25. The Morgan fingerprint density at radius 3 is 3.04 bits per heavy atom. The molecule has 0 aromatic carbocycles. The molecule has 3 heterocycles. The summed E-state index contributed by atoms with van der Waals surface area (Å²) in [6.45, 7) is 1.58. The fourth-order valence-corrected chi connectivity index (χ4v) is 3.59. The molecule has 0 spiro atoms. The zero-order valence-corrected chi connectivity index (χ0v) is 14.3. The average molecular weight is 369 g/mol. The van der Waals surface area contributed by atoms with Crippen molar-refractivity contribution in [1.29, 1.82) is 0 Å². The van der Waals surface area contributed by atoms with Crippen molar-refractivity contribution in [3.8, 4) is 5.75 Å². The lowest BCUT2D eigenvalue weighted by Gasteiger charge is -2.16. The summed E-state index contributed by atoms with van der Waals surface area (Å²) in [5.41, 5.74) is -0.145. The van der Waals surface area contributed by atoms with Crippen LogP contribution in [0.25, 0.3) is 4.96 Å². The van der Waals surface area contributed by atoms with Crippen LogP contribution < -0.4 is 5.43 Å². The highest BCUT2D eigenvalue weighted by Gasteiger charge is 2.31. The number of methoxy groups -OCH3 is 1. The number of aromatic nitrogens is 2. The number of fused-ring (bicyclic) bond motifs is 1. The van der Waals surface area contributed by atoms with E-state index in [0.717, 1.165) is 0 Å². The molecule has 0 amide bonds. The van der Waals surface area contributed by atoms with Gasteiger partial charge in [-0.2, -0.15) is 0 Å². The van der Waals surface area contributed by atoms with E-state index < -0.39 is 23.1 Å². The van der Waals surface area contributed by atoms with Crippen LogP contribution in [0, 0.1) is 6.92 Å². The van der Waals surface area contributed by atoms with Crippen molar-refractivity contribution in [1.82, 2.24) is 9.38 Å². The number of hydrogen-bond donors (Lipinski definition) is 1. The number of halogens is 1. The molecule has 0 saturated carbocycles. The predicted octanol–water partition coefficient (Wildman–Crippen LogP) is 2.71. The van der Waals surface area contributed by atoms with Crippen molar-refractivity contribution in [2.24, 2.45) is 0 Å². The molecule has 3 aromatic heterocycles. The normalized spacial score (nSPS) is 12.5. The molecule has 3 rings (SSSR count). The van der Waals surface area contributed by atoms with Crippen molar-refractivity contribution in [2.45, 2.75) is 19.3 Å². The summed E-state index contributed by atoms with van der Waals surface area (Å²) in [6, 6.07) is 1.17. The van der Waals surface area contributed by atoms with Crippen LogP contribution in [0.4, 0.5) is 0 Å². The average Bonchev–Trinajstić information content (AvgIpc) is 3.09. The van der Waals surface area contributed by atoms with Crippen LogP contribution in [-0.2, 0) is 9.53 Å². The Morgan fingerprint density at radius 1 is 1.58 bits per heavy atom. The maximum absolute atomic E-state index is 11.9. The summed E-state index contributed by atoms with van der Waals surface area (Å²) >= 11 is 7.60. The van der Waals surface area contributed by atoms with E-state index in [0.29, 0.717) is 16.4 Å². The van der Waals surface area contributed by atoms with Gasteiger partial charge in [-0.05, 0) is 6.92 Å². The number of carbonyl (C=O) groups is 1. The summed E-state index contributed by atoms with van der Waals surface area (Å²) in [4.78, 5) is 28.6. The molecule has 126 valence electrons. The van der Waals surface area contributed by atoms with Gasteiger partial charge in [-0.25, -0.2) is 4.98 Å². The molecule has 24 heavy (non-hydrogen) atoms. The Morgan fingerprint density at radius 2 is 2.33 bits per heavy atom. The third kappa shape index (κ3) is 2.78. The van der Waals surface area contributed by atoms with E-state index in [2.05, 4.69) is 4.98 Å². The summed E-state index contributed by atoms with van der Waals surface area (Å²) in [5, 5.41) is 12.1. The molecule has 0 aliphatic carbocycles. The van der Waals surface area contributed by atoms with Crippen molar-refractivity contribution >= 4 is 33.9 Å². The van der Waals surface area contributed by atoms with Crippen molar-refractivity contribution in [2.75, 3.05) is 7.11 Å². The number of thiazole rings is 1. The lowest BCUT2D eigenvalue weighted by molar-refractivity contribution is -0.141. The molecule has 0 saturated heterocycles. The van der Waals surface area contributed by atoms with Gasteiger partial charge < -0.3 is 14.3 Å². The minimum atomic E-state index is -0.817. The van der Waals surface area contributed by atoms with E-state index in [1.54, 1.807) is 17.5 Å². The Kier molecular flexibility index (Phi) is 4.33. The number of nitrogens with zero attached hydrogens (tertiary/aromatic N) is 2. The first kappa shape index (κ1) is 16.5. The van der Waals surface area contributed by atoms with Gasteiger partial charge in [0.1, 0.15) is 5.76 Å². The minimum Gasteiger partial charge on any atom is -0.502 e. The first-order valence-electron chi connectivity index (χ1n) is 6.93. The number of ether oxygens (including phenoxy) is 1. The second-order valence-corrected chi connectivity index (χ2v) is 6.34. The third-order valence-electron chi connectivity index (χ3n) is 3.57. The third-order valence-corrected chi connectivity index (χ3v) is 4.61. The van der Waals surface area contributed by atoms with Crippen LogP contribution in [0.2, 0.25) is 5.15 Å². The largest absolute Gasteiger partial charge is 0.502 e. The molecular weight excluding hydrogens is 356 g/mol. The number of rotatable bonds is 4. The van der Waals surface area contributed by atoms with Gasteiger partial charge in [0.05, 0.1) is 25.1 Å². The van der Waals surface area contributed by atoms with Gasteiger partial charge in [0.2, 0.25) is 11.2 Å². The second kappa shape index (κ2) is 6.29. The lowest BCUT2D eigenvalue weighted by Crippen LogP contribution is -2.15. The maximum atomic E-state index is 11.9. The van der Waals surface area contributed by atoms with E-state index >= 15 is 0 Å². The topological polar surface area (TPSA) is 94.0 Å². The van der Waals surface area contributed by atoms with Crippen LogP contribution >= 0.6 is 22.9 Å². The first-order valence-corrected chi connectivity index (χ1v) is 8.19. The van der Waals surface area contributed by atoms with Gasteiger partial charge in [-0.15, -0.1) is 11.3 Å². The number of aryl methyl sites for hydroxylation is 1. The monoisotopic (exact) mass is 368 g/mol. The molecule has 3 aromatic rings. The number of carbonyl (C=O) groups excluding carboxylic acids is 1. The number of esters is 1. The van der Waals surface area contributed by atoms with Crippen LogP contribution in [-0.4, -0.2) is 27.6 Å². The lowest BCUT2D eigenvalue weighted by atomic mass is 9.97. The Hall–Kier alpha value is -2.32. The molecular formula is C15H13ClN2O5S. The second-order valence-electron chi connectivity index (χ2n) is 5.11. The van der Waals surface area contributed by atoms with E-state index in [9.17, 15) is 14.7 Å². The Bertz CT molecular complexity index is 974. The van der Waals surface area contributed by atoms with Crippen molar-refractivity contribution in [3.63, 3.8) is 0 Å². The van der Waals surface area contributed by atoms with Crippen molar-refractivity contribution < 1.29 is 19.1 Å². The highest BCUT2D eigenvalue weighted by molar-refractivity contribution is 7.15. The summed E-state index contributed by atoms with van der Waals surface area (Å²) < 4.78 is 12.0. The van der Waals surface area contributed by atoms with E-state index in [4.69, 9.17) is 20.8 Å². The number of aromatic hydroxyl groups is 1. The Labute approximate surface area is 145 Å². The highest BCUT2D eigenvalue weighted by atomic mass is 35.5. The van der Waals surface area contributed by atoms with Gasteiger partial charge in [0, 0.05) is 17.6 Å². The summed E-state index contributed by atoms with van der Waals surface area (Å²) in [7, 11) is 1.25.